The number of aromatic hydroxyl groups is 1. The number of carbonyl (C=O) groups excluding carboxylic acids is 2. The average Bonchev–Trinajstić information content (AvgIpc) is 2.47. The molecule has 1 aromatic carbocycles. The number of benzene rings is 1. The van der Waals surface area contributed by atoms with Crippen LogP contribution in [0.4, 0.5) is 10.2 Å². The van der Waals surface area contributed by atoms with Crippen LogP contribution in [-0.2, 0) is 4.79 Å². The third-order valence-corrected chi connectivity index (χ3v) is 2.96. The number of nitrogens with zero attached hydrogens (tertiary/aromatic N) is 1. The third-order valence-electron chi connectivity index (χ3n) is 2.64. The van der Waals surface area contributed by atoms with Crippen molar-refractivity contribution in [3.63, 3.8) is 0 Å². The third kappa shape index (κ3) is 3.70. The summed E-state index contributed by atoms with van der Waals surface area (Å²) in [5, 5.41) is 13.9. The lowest BCUT2D eigenvalue weighted by Crippen LogP contribution is -2.33. The SMILES string of the molecule is O=C(CNC(=O)c1c(F)cccc1Cl)Nc1ncccc1O. The number of nitrogens with one attached hydrogen (secondary N) is 2. The fourth-order valence-electron chi connectivity index (χ4n) is 1.63. The zero-order valence-electron chi connectivity index (χ0n) is 11.1. The zero-order chi connectivity index (χ0) is 16.1. The molecule has 1 heterocycles. The summed E-state index contributed by atoms with van der Waals surface area (Å²) in [6.07, 6.45) is 1.38. The molecule has 0 radical (unpaired) electrons. The maximum absolute atomic E-state index is 13.5. The molecule has 8 heteroatoms. The first kappa shape index (κ1) is 15.7. The number of carbonyl (C=O) groups is 2. The van der Waals surface area contributed by atoms with E-state index in [1.54, 1.807) is 0 Å². The second-order valence-corrected chi connectivity index (χ2v) is 4.61. The van der Waals surface area contributed by atoms with E-state index in [1.165, 1.54) is 30.5 Å². The monoisotopic (exact) mass is 323 g/mol. The van der Waals surface area contributed by atoms with E-state index >= 15 is 0 Å². The van der Waals surface area contributed by atoms with Crippen LogP contribution in [0.15, 0.2) is 36.5 Å². The summed E-state index contributed by atoms with van der Waals surface area (Å²) < 4.78 is 13.5. The van der Waals surface area contributed by atoms with Gasteiger partial charge in [-0.3, -0.25) is 9.59 Å². The highest BCUT2D eigenvalue weighted by Crippen LogP contribution is 2.19. The highest BCUT2D eigenvalue weighted by Gasteiger charge is 2.16. The molecule has 2 amide bonds. The molecule has 1 aromatic heterocycles. The Morgan fingerprint density at radius 2 is 2.05 bits per heavy atom. The van der Waals surface area contributed by atoms with E-state index in [2.05, 4.69) is 15.6 Å². The number of hydrogen-bond donors (Lipinski definition) is 3. The first-order chi connectivity index (χ1) is 10.5. The van der Waals surface area contributed by atoms with Gasteiger partial charge in [0, 0.05) is 6.20 Å². The maximum atomic E-state index is 13.5. The van der Waals surface area contributed by atoms with Crippen LogP contribution in [-0.4, -0.2) is 28.4 Å². The molecule has 114 valence electrons. The standard InChI is InChI=1S/C14H11ClFN3O3/c15-8-3-1-4-9(16)12(8)14(22)18-7-11(21)19-13-10(20)5-2-6-17-13/h1-6,20H,7H2,(H,18,22)(H,17,19,21). The number of rotatable bonds is 4. The van der Waals surface area contributed by atoms with Crippen molar-refractivity contribution in [2.45, 2.75) is 0 Å². The van der Waals surface area contributed by atoms with Crippen molar-refractivity contribution in [1.82, 2.24) is 10.3 Å². The summed E-state index contributed by atoms with van der Waals surface area (Å²) in [5.41, 5.74) is -0.336. The number of halogens is 2. The Bertz CT molecular complexity index is 704. The number of hydrogen-bond acceptors (Lipinski definition) is 4. The van der Waals surface area contributed by atoms with Gasteiger partial charge in [0.2, 0.25) is 5.91 Å². The van der Waals surface area contributed by atoms with Crippen LogP contribution in [0.2, 0.25) is 5.02 Å². The van der Waals surface area contributed by atoms with E-state index in [9.17, 15) is 19.1 Å². The van der Waals surface area contributed by atoms with Crippen molar-refractivity contribution in [1.29, 1.82) is 0 Å². The van der Waals surface area contributed by atoms with Crippen molar-refractivity contribution in [3.05, 3.63) is 52.9 Å². The van der Waals surface area contributed by atoms with Crippen molar-refractivity contribution in [2.75, 3.05) is 11.9 Å². The van der Waals surface area contributed by atoms with Crippen molar-refractivity contribution in [2.24, 2.45) is 0 Å². The Morgan fingerprint density at radius 3 is 2.73 bits per heavy atom. The molecule has 0 saturated heterocycles. The molecule has 0 atom stereocenters. The van der Waals surface area contributed by atoms with Crippen LogP contribution in [0.1, 0.15) is 10.4 Å². The van der Waals surface area contributed by atoms with Gasteiger partial charge in [0.1, 0.15) is 5.82 Å². The van der Waals surface area contributed by atoms with Crippen molar-refractivity contribution < 1.29 is 19.1 Å². The lowest BCUT2D eigenvalue weighted by Gasteiger charge is -2.08. The van der Waals surface area contributed by atoms with E-state index in [1.807, 2.05) is 0 Å². The summed E-state index contributed by atoms with van der Waals surface area (Å²) in [7, 11) is 0. The van der Waals surface area contributed by atoms with Crippen LogP contribution < -0.4 is 10.6 Å². The van der Waals surface area contributed by atoms with Gasteiger partial charge in [0.05, 0.1) is 17.1 Å². The van der Waals surface area contributed by atoms with Crippen LogP contribution in [0, 0.1) is 5.82 Å². The molecule has 0 saturated carbocycles. The summed E-state index contributed by atoms with van der Waals surface area (Å²) in [5.74, 6) is -2.48. The average molecular weight is 324 g/mol. The molecule has 6 nitrogen and oxygen atoms in total. The van der Waals surface area contributed by atoms with Gasteiger partial charge in [0.15, 0.2) is 11.6 Å². The molecule has 0 unspecified atom stereocenters. The summed E-state index contributed by atoms with van der Waals surface area (Å²) in [6, 6.07) is 6.66. The van der Waals surface area contributed by atoms with Crippen LogP contribution in [0.3, 0.4) is 0 Å². The number of anilines is 1. The van der Waals surface area contributed by atoms with E-state index in [-0.39, 0.29) is 22.2 Å². The maximum Gasteiger partial charge on any atom is 0.256 e. The lowest BCUT2D eigenvalue weighted by atomic mass is 10.2. The molecule has 3 N–H and O–H groups in total. The Kier molecular flexibility index (Phi) is 4.90. The predicted molar refractivity (Wildman–Crippen MR) is 78.3 cm³/mol. The molecule has 0 aliphatic rings. The Hall–Kier alpha value is -2.67. The van der Waals surface area contributed by atoms with Gasteiger partial charge in [-0.15, -0.1) is 0 Å². The predicted octanol–water partition coefficient (Wildman–Crippen LogP) is 1.95. The van der Waals surface area contributed by atoms with Crippen molar-refractivity contribution >= 4 is 29.2 Å². The van der Waals surface area contributed by atoms with E-state index in [4.69, 9.17) is 11.6 Å². The lowest BCUT2D eigenvalue weighted by molar-refractivity contribution is -0.115. The fourth-order valence-corrected chi connectivity index (χ4v) is 1.88. The van der Waals surface area contributed by atoms with Gasteiger partial charge in [-0.05, 0) is 24.3 Å². The van der Waals surface area contributed by atoms with E-state index < -0.39 is 24.2 Å². The topological polar surface area (TPSA) is 91.3 Å². The molecule has 0 aliphatic heterocycles. The Morgan fingerprint density at radius 1 is 1.27 bits per heavy atom. The quantitative estimate of drug-likeness (QED) is 0.802. The second-order valence-electron chi connectivity index (χ2n) is 4.20. The Balaban J connectivity index is 1.97. The molecule has 2 rings (SSSR count). The minimum atomic E-state index is -0.816. The van der Waals surface area contributed by atoms with Gasteiger partial charge in [-0.1, -0.05) is 17.7 Å². The van der Waals surface area contributed by atoms with Crippen LogP contribution >= 0.6 is 11.6 Å². The zero-order valence-corrected chi connectivity index (χ0v) is 11.9. The molecule has 0 fully saturated rings. The Labute approximate surface area is 129 Å². The summed E-state index contributed by atoms with van der Waals surface area (Å²) in [4.78, 5) is 27.3. The van der Waals surface area contributed by atoms with Crippen LogP contribution in [0.5, 0.6) is 5.75 Å². The number of aromatic nitrogens is 1. The van der Waals surface area contributed by atoms with Gasteiger partial charge in [-0.2, -0.15) is 0 Å². The molecule has 22 heavy (non-hydrogen) atoms. The smallest absolute Gasteiger partial charge is 0.256 e. The minimum absolute atomic E-state index is 0.0364. The van der Waals surface area contributed by atoms with E-state index in [0.29, 0.717) is 0 Å². The molecule has 0 aliphatic carbocycles. The highest BCUT2D eigenvalue weighted by molar-refractivity contribution is 6.33. The molecule has 0 bridgehead atoms. The minimum Gasteiger partial charge on any atom is -0.504 e. The first-order valence-corrected chi connectivity index (χ1v) is 6.53. The van der Waals surface area contributed by atoms with E-state index in [0.717, 1.165) is 6.07 Å². The highest BCUT2D eigenvalue weighted by atomic mass is 35.5. The number of amides is 2. The van der Waals surface area contributed by atoms with Gasteiger partial charge in [-0.25, -0.2) is 9.37 Å². The first-order valence-electron chi connectivity index (χ1n) is 6.15. The largest absolute Gasteiger partial charge is 0.504 e. The number of pyridine rings is 1. The van der Waals surface area contributed by atoms with Crippen LogP contribution in [0.25, 0.3) is 0 Å². The van der Waals surface area contributed by atoms with Crippen molar-refractivity contribution in [3.8, 4) is 5.75 Å². The molecule has 2 aromatic rings. The normalized spacial score (nSPS) is 10.1. The summed E-state index contributed by atoms with van der Waals surface area (Å²) in [6.45, 7) is -0.431. The van der Waals surface area contributed by atoms with Gasteiger partial charge >= 0.3 is 0 Å². The second kappa shape index (κ2) is 6.86. The molecular formula is C14H11ClFN3O3. The summed E-state index contributed by atoms with van der Waals surface area (Å²) >= 11 is 5.75. The van der Waals surface area contributed by atoms with Gasteiger partial charge in [0.25, 0.3) is 5.91 Å². The fraction of sp³-hybridized carbons (Fsp3) is 0.0714. The molecular weight excluding hydrogens is 313 g/mol. The molecule has 0 spiro atoms. The van der Waals surface area contributed by atoms with Gasteiger partial charge < -0.3 is 15.7 Å².